The molecule has 48 heavy (non-hydrogen) atoms. The van der Waals surface area contributed by atoms with Crippen LogP contribution in [0.15, 0.2) is 11.1 Å². The van der Waals surface area contributed by atoms with Crippen LogP contribution >= 0.6 is 0 Å². The number of rotatable bonds is 11. The third kappa shape index (κ3) is 6.67. The van der Waals surface area contributed by atoms with Gasteiger partial charge in [0.25, 0.3) is 0 Å². The Morgan fingerprint density at radius 2 is 1.77 bits per heavy atom. The monoisotopic (exact) mass is 679 g/mol. The molecule has 1 amide bonds. The molecule has 0 bridgehead atoms. The van der Waals surface area contributed by atoms with Gasteiger partial charge in [0.1, 0.15) is 30.5 Å². The van der Waals surface area contributed by atoms with Crippen LogP contribution in [0.5, 0.6) is 0 Å². The topological polar surface area (TPSA) is 158 Å². The van der Waals surface area contributed by atoms with E-state index in [0.29, 0.717) is 31.1 Å². The minimum Gasteiger partial charge on any atom is -0.394 e. The molecule has 3 saturated carbocycles. The fraction of sp³-hybridized carbons (Fsp3) is 0.921. The van der Waals surface area contributed by atoms with Gasteiger partial charge in [0, 0.05) is 14.0 Å². The Balaban J connectivity index is 1.55. The predicted octanol–water partition coefficient (Wildman–Crippen LogP) is 3.70. The molecule has 4 fully saturated rings. The van der Waals surface area contributed by atoms with Crippen LogP contribution in [0.1, 0.15) is 106 Å². The molecule has 1 saturated heterocycles. The van der Waals surface area contributed by atoms with E-state index in [1.807, 2.05) is 0 Å². The summed E-state index contributed by atoms with van der Waals surface area (Å²) in [7, 11) is 1.44. The highest BCUT2D eigenvalue weighted by atomic mass is 16.7. The maximum absolute atomic E-state index is 12.3. The lowest BCUT2D eigenvalue weighted by Gasteiger charge is -2.59. The van der Waals surface area contributed by atoms with Crippen molar-refractivity contribution in [3.05, 3.63) is 11.1 Å². The molecule has 6 N–H and O–H groups in total. The van der Waals surface area contributed by atoms with E-state index in [0.717, 1.165) is 44.1 Å². The van der Waals surface area contributed by atoms with Crippen LogP contribution in [0.3, 0.4) is 0 Å². The van der Waals surface area contributed by atoms with E-state index in [9.17, 15) is 30.3 Å². The van der Waals surface area contributed by atoms with Gasteiger partial charge in [-0.2, -0.15) is 0 Å². The smallest absolute Gasteiger partial charge is 0.217 e. The summed E-state index contributed by atoms with van der Waals surface area (Å²) in [5.41, 5.74) is 1.63. The minimum absolute atomic E-state index is 0.0557. The lowest BCUT2D eigenvalue weighted by atomic mass is 9.47. The fourth-order valence-corrected chi connectivity index (χ4v) is 11.4. The molecular weight excluding hydrogens is 614 g/mol. The summed E-state index contributed by atoms with van der Waals surface area (Å²) in [5, 5.41) is 58.4. The Labute approximate surface area is 288 Å². The number of hydrogen-bond acceptors (Lipinski definition) is 9. The van der Waals surface area contributed by atoms with Crippen LogP contribution in [-0.2, 0) is 19.0 Å². The summed E-state index contributed by atoms with van der Waals surface area (Å²) in [5.74, 6) is 1.12. The van der Waals surface area contributed by atoms with Crippen molar-refractivity contribution < 1.29 is 44.5 Å². The first-order valence-electron chi connectivity index (χ1n) is 18.8. The van der Waals surface area contributed by atoms with Gasteiger partial charge < -0.3 is 45.1 Å². The standard InChI is InChI=1S/C38H65NO9/c1-9-22(19(2)3)11-10-20(4)30-27(47-36-31(39-21(5)41)34(45)35(46-8)28(18-40)48-36)17-25-29-24(13-15-38(25,30)7)37(6)14-12-23(42)16-26(37)32(43)33(29)44/h19-20,22-24,26-28,30-36,40,42-45H,9-18H2,1-8H3,(H,39,41)/t20-,22-,23-,24+,26-,27-,28-,30+,31-,32+,33-,34-,35-,36-,37-,38+/m1/s1. The van der Waals surface area contributed by atoms with E-state index in [-0.39, 0.29) is 53.1 Å². The summed E-state index contributed by atoms with van der Waals surface area (Å²) >= 11 is 0. The molecule has 5 aliphatic rings. The first-order valence-corrected chi connectivity index (χ1v) is 18.8. The zero-order valence-electron chi connectivity index (χ0n) is 30.6. The van der Waals surface area contributed by atoms with Crippen molar-refractivity contribution >= 4 is 5.91 Å². The largest absolute Gasteiger partial charge is 0.394 e. The van der Waals surface area contributed by atoms with Gasteiger partial charge in [-0.05, 0) is 96.9 Å². The molecule has 0 radical (unpaired) electrons. The molecule has 0 aromatic carbocycles. The van der Waals surface area contributed by atoms with Gasteiger partial charge in [0.05, 0.1) is 24.9 Å². The van der Waals surface area contributed by atoms with Crippen molar-refractivity contribution in [2.45, 2.75) is 161 Å². The van der Waals surface area contributed by atoms with Crippen molar-refractivity contribution in [2.24, 2.45) is 46.3 Å². The van der Waals surface area contributed by atoms with Crippen LogP contribution in [0.2, 0.25) is 0 Å². The number of carbonyl (C=O) groups is 1. The summed E-state index contributed by atoms with van der Waals surface area (Å²) < 4.78 is 18.7. The lowest BCUT2D eigenvalue weighted by Crippen LogP contribution is -2.65. The van der Waals surface area contributed by atoms with Crippen LogP contribution < -0.4 is 5.32 Å². The van der Waals surface area contributed by atoms with E-state index in [1.165, 1.54) is 19.6 Å². The number of methoxy groups -OCH3 is 1. The second-order valence-electron chi connectivity index (χ2n) is 16.9. The Morgan fingerprint density at radius 1 is 1.06 bits per heavy atom. The first kappa shape index (κ1) is 38.1. The highest BCUT2D eigenvalue weighted by molar-refractivity contribution is 5.73. The maximum Gasteiger partial charge on any atom is 0.217 e. The second kappa shape index (κ2) is 14.9. The number of ether oxygens (including phenoxy) is 3. The van der Waals surface area contributed by atoms with Gasteiger partial charge in [0.15, 0.2) is 6.29 Å². The zero-order chi connectivity index (χ0) is 35.3. The molecule has 0 unspecified atom stereocenters. The third-order valence-electron chi connectivity index (χ3n) is 14.0. The molecule has 0 spiro atoms. The van der Waals surface area contributed by atoms with E-state index in [1.54, 1.807) is 0 Å². The number of nitrogens with one attached hydrogen (secondary N) is 1. The van der Waals surface area contributed by atoms with Gasteiger partial charge in [-0.3, -0.25) is 4.79 Å². The quantitative estimate of drug-likeness (QED) is 0.179. The summed E-state index contributed by atoms with van der Waals surface area (Å²) in [6, 6.07) is -0.909. The summed E-state index contributed by atoms with van der Waals surface area (Å²) in [6.07, 6.45) is 0.985. The average Bonchev–Trinajstić information content (AvgIpc) is 3.33. The predicted molar refractivity (Wildman–Crippen MR) is 181 cm³/mol. The molecule has 10 heteroatoms. The van der Waals surface area contributed by atoms with E-state index in [4.69, 9.17) is 14.2 Å². The highest BCUT2D eigenvalue weighted by Crippen LogP contribution is 2.66. The molecule has 5 rings (SSSR count). The van der Waals surface area contributed by atoms with Crippen molar-refractivity contribution in [3.63, 3.8) is 0 Å². The average molecular weight is 680 g/mol. The van der Waals surface area contributed by atoms with Gasteiger partial charge in [-0.15, -0.1) is 0 Å². The number of amides is 1. The van der Waals surface area contributed by atoms with Gasteiger partial charge in [0.2, 0.25) is 5.91 Å². The van der Waals surface area contributed by atoms with Gasteiger partial charge in [-0.25, -0.2) is 0 Å². The van der Waals surface area contributed by atoms with Crippen molar-refractivity contribution in [2.75, 3.05) is 13.7 Å². The minimum atomic E-state index is -1.17. The van der Waals surface area contributed by atoms with Crippen molar-refractivity contribution in [1.82, 2.24) is 5.32 Å². The van der Waals surface area contributed by atoms with E-state index in [2.05, 4.69) is 46.9 Å². The molecule has 4 aliphatic carbocycles. The highest BCUT2D eigenvalue weighted by Gasteiger charge is 2.63. The maximum atomic E-state index is 12.3. The van der Waals surface area contributed by atoms with Gasteiger partial charge >= 0.3 is 0 Å². The van der Waals surface area contributed by atoms with E-state index >= 15 is 0 Å². The third-order valence-corrected chi connectivity index (χ3v) is 14.0. The fourth-order valence-electron chi connectivity index (χ4n) is 11.4. The molecular formula is C38H65NO9. The van der Waals surface area contributed by atoms with Crippen molar-refractivity contribution in [3.8, 4) is 0 Å². The van der Waals surface area contributed by atoms with Crippen LogP contribution in [-0.4, -0.2) is 100 Å². The number of carbonyl (C=O) groups excluding carboxylic acids is 1. The molecule has 16 atom stereocenters. The molecule has 0 aromatic rings. The van der Waals surface area contributed by atoms with Crippen LogP contribution in [0, 0.1) is 46.3 Å². The van der Waals surface area contributed by atoms with Gasteiger partial charge in [-0.1, -0.05) is 60.0 Å². The summed E-state index contributed by atoms with van der Waals surface area (Å²) in [6.45, 7) is 14.7. The molecule has 1 aliphatic heterocycles. The number of aliphatic hydroxyl groups excluding tert-OH is 5. The Kier molecular flexibility index (Phi) is 11.8. The first-order chi connectivity index (χ1) is 22.6. The molecule has 1 heterocycles. The lowest BCUT2D eigenvalue weighted by molar-refractivity contribution is -0.290. The zero-order valence-corrected chi connectivity index (χ0v) is 30.6. The SMILES string of the molecule is CC[C@H](CC[C@@H](C)[C@H]1[C@H](O[C@@H]2O[C@H](CO)[C@@H](OC)[C@H](O)[C@H]2NC(C)=O)CC2=C3[C@@H](O)[C@@H](O)[C@H]4C[C@H](O)CC[C@]4(C)[C@H]3CC[C@@]21C)C(C)C. The molecule has 276 valence electrons. The Bertz CT molecular complexity index is 1160. The normalized spacial score (nSPS) is 45.7. The number of hydrogen-bond donors (Lipinski definition) is 6. The van der Waals surface area contributed by atoms with Crippen LogP contribution in [0.4, 0.5) is 0 Å². The Hall–Kier alpha value is -1.11. The van der Waals surface area contributed by atoms with Crippen molar-refractivity contribution in [1.29, 1.82) is 0 Å². The molecule has 0 aromatic heterocycles. The van der Waals surface area contributed by atoms with E-state index < -0.39 is 49.0 Å². The second-order valence-corrected chi connectivity index (χ2v) is 16.9. The number of fused-ring (bicyclic) bond motifs is 4. The number of aliphatic hydroxyl groups is 5. The van der Waals surface area contributed by atoms with Crippen LogP contribution in [0.25, 0.3) is 0 Å². The summed E-state index contributed by atoms with van der Waals surface area (Å²) in [4.78, 5) is 12.3. The Morgan fingerprint density at radius 3 is 2.38 bits per heavy atom. The molecule has 10 nitrogen and oxygen atoms in total.